The molecule has 0 bridgehead atoms. The Balaban J connectivity index is 5.39. The minimum absolute atomic E-state index is 0.612. The van der Waals surface area contributed by atoms with Crippen LogP contribution in [0.5, 0.6) is 0 Å². The lowest BCUT2D eigenvalue weighted by atomic mass is 9.80. The molecule has 0 aromatic rings. The van der Waals surface area contributed by atoms with Gasteiger partial charge in [-0.05, 0) is 19.8 Å². The molecule has 0 rings (SSSR count). The van der Waals surface area contributed by atoms with Gasteiger partial charge in [0.1, 0.15) is 18.3 Å². The highest BCUT2D eigenvalue weighted by Crippen LogP contribution is 2.36. The van der Waals surface area contributed by atoms with Gasteiger partial charge in [-0.15, -0.1) is 0 Å². The normalized spacial score (nSPS) is 19.4. The van der Waals surface area contributed by atoms with Crippen molar-refractivity contribution >= 4 is 13.8 Å². The van der Waals surface area contributed by atoms with Crippen LogP contribution in [0.3, 0.4) is 0 Å². The van der Waals surface area contributed by atoms with Crippen molar-refractivity contribution in [3.8, 4) is 0 Å². The Morgan fingerprint density at radius 2 is 1.61 bits per heavy atom. The van der Waals surface area contributed by atoms with E-state index in [-0.39, 0.29) is 0 Å². The average molecular weight is 360 g/mol. The quantitative estimate of drug-likeness (QED) is 0.267. The smallest absolute Gasteiger partial charge is 0.469 e. The van der Waals surface area contributed by atoms with Crippen molar-refractivity contribution in [2.75, 3.05) is 6.61 Å². The van der Waals surface area contributed by atoms with Crippen LogP contribution in [-0.4, -0.2) is 72.8 Å². The van der Waals surface area contributed by atoms with Crippen LogP contribution in [0, 0.1) is 5.92 Å². The van der Waals surface area contributed by atoms with E-state index < -0.39 is 56.3 Å². The SMILES string of the molecule is CC(C)O[C@](C(=O)O)(C(C)C)C(O)C(O)C(O)COP(=O)(O)O. The van der Waals surface area contributed by atoms with Gasteiger partial charge in [0.2, 0.25) is 0 Å². The van der Waals surface area contributed by atoms with E-state index in [0.717, 1.165) is 0 Å². The molecule has 23 heavy (non-hydrogen) atoms. The van der Waals surface area contributed by atoms with Gasteiger partial charge in [0.15, 0.2) is 5.60 Å². The maximum atomic E-state index is 11.7. The number of phosphoric acid groups is 1. The lowest BCUT2D eigenvalue weighted by Crippen LogP contribution is -2.63. The zero-order valence-electron chi connectivity index (χ0n) is 13.4. The van der Waals surface area contributed by atoms with Gasteiger partial charge in [0.25, 0.3) is 0 Å². The Bertz CT molecular complexity index is 434. The molecular formula is C12H25O10P. The number of carboxylic acid groups (broad SMARTS) is 1. The molecular weight excluding hydrogens is 335 g/mol. The summed E-state index contributed by atoms with van der Waals surface area (Å²) in [5, 5.41) is 39.4. The van der Waals surface area contributed by atoms with Gasteiger partial charge in [-0.1, -0.05) is 13.8 Å². The first-order valence-corrected chi connectivity index (χ1v) is 8.44. The van der Waals surface area contributed by atoms with Crippen molar-refractivity contribution in [1.29, 1.82) is 0 Å². The van der Waals surface area contributed by atoms with Crippen molar-refractivity contribution in [3.63, 3.8) is 0 Å². The van der Waals surface area contributed by atoms with Crippen LogP contribution in [0.15, 0.2) is 0 Å². The average Bonchev–Trinajstić information content (AvgIpc) is 2.38. The van der Waals surface area contributed by atoms with E-state index in [1.165, 1.54) is 27.7 Å². The fourth-order valence-electron chi connectivity index (χ4n) is 2.10. The first-order valence-electron chi connectivity index (χ1n) is 6.91. The molecule has 0 saturated heterocycles. The number of phosphoric ester groups is 1. The summed E-state index contributed by atoms with van der Waals surface area (Å²) < 4.78 is 19.9. The van der Waals surface area contributed by atoms with Crippen LogP contribution in [0.2, 0.25) is 0 Å². The molecule has 0 saturated carbocycles. The molecule has 0 heterocycles. The molecule has 0 fully saturated rings. The van der Waals surface area contributed by atoms with E-state index in [1.807, 2.05) is 0 Å². The number of rotatable bonds is 10. The van der Waals surface area contributed by atoms with Crippen molar-refractivity contribution in [1.82, 2.24) is 0 Å². The molecule has 11 heteroatoms. The second kappa shape index (κ2) is 8.50. The highest BCUT2D eigenvalue weighted by atomic mass is 31.2. The van der Waals surface area contributed by atoms with E-state index in [1.54, 1.807) is 0 Å². The summed E-state index contributed by atoms with van der Waals surface area (Å²) in [4.78, 5) is 28.8. The third-order valence-electron chi connectivity index (χ3n) is 3.19. The fraction of sp³-hybridized carbons (Fsp3) is 0.917. The van der Waals surface area contributed by atoms with Gasteiger partial charge < -0.3 is 34.9 Å². The minimum atomic E-state index is -4.89. The molecule has 0 spiro atoms. The van der Waals surface area contributed by atoms with E-state index in [2.05, 4.69) is 4.52 Å². The number of hydrogen-bond donors (Lipinski definition) is 6. The summed E-state index contributed by atoms with van der Waals surface area (Å²) >= 11 is 0. The Hall–Kier alpha value is -0.580. The summed E-state index contributed by atoms with van der Waals surface area (Å²) in [5.41, 5.74) is -2.23. The zero-order chi connectivity index (χ0) is 18.6. The Morgan fingerprint density at radius 1 is 1.13 bits per heavy atom. The first-order chi connectivity index (χ1) is 10.3. The van der Waals surface area contributed by atoms with Gasteiger partial charge in [-0.2, -0.15) is 0 Å². The third-order valence-corrected chi connectivity index (χ3v) is 3.68. The molecule has 6 N–H and O–H groups in total. The van der Waals surface area contributed by atoms with Crippen molar-refractivity contribution in [2.45, 2.75) is 57.7 Å². The third kappa shape index (κ3) is 6.09. The van der Waals surface area contributed by atoms with E-state index in [4.69, 9.17) is 14.5 Å². The van der Waals surface area contributed by atoms with Crippen LogP contribution < -0.4 is 0 Å². The second-order valence-electron chi connectivity index (χ2n) is 5.71. The van der Waals surface area contributed by atoms with E-state index in [0.29, 0.717) is 0 Å². The van der Waals surface area contributed by atoms with Crippen molar-refractivity contribution in [2.24, 2.45) is 5.92 Å². The lowest BCUT2D eigenvalue weighted by Gasteiger charge is -2.41. The molecule has 3 unspecified atom stereocenters. The van der Waals surface area contributed by atoms with Crippen LogP contribution in [0.1, 0.15) is 27.7 Å². The molecule has 10 nitrogen and oxygen atoms in total. The van der Waals surface area contributed by atoms with E-state index >= 15 is 0 Å². The predicted molar refractivity (Wildman–Crippen MR) is 77.4 cm³/mol. The standard InChI is InChI=1S/C12H25O10P/c1-6(2)12(11(16)17,22-7(3)4)10(15)9(14)8(13)5-21-23(18,19)20/h6-10,13-15H,5H2,1-4H3,(H,16,17)(H2,18,19,20)/t8?,9?,10?,12-/m1/s1. The van der Waals surface area contributed by atoms with Crippen LogP contribution in [0.25, 0.3) is 0 Å². The largest absolute Gasteiger partial charge is 0.479 e. The fourth-order valence-corrected chi connectivity index (χ4v) is 2.44. The zero-order valence-corrected chi connectivity index (χ0v) is 14.3. The molecule has 0 aliphatic rings. The monoisotopic (exact) mass is 360 g/mol. The molecule has 138 valence electrons. The molecule has 0 aromatic heterocycles. The summed E-state index contributed by atoms with van der Waals surface area (Å²) in [5.74, 6) is -2.34. The van der Waals surface area contributed by atoms with Gasteiger partial charge in [0.05, 0.1) is 12.7 Å². The van der Waals surface area contributed by atoms with Crippen molar-refractivity contribution in [3.05, 3.63) is 0 Å². The summed E-state index contributed by atoms with van der Waals surface area (Å²) in [6.45, 7) is 4.97. The number of aliphatic carboxylic acids is 1. The summed E-state index contributed by atoms with van der Waals surface area (Å²) in [7, 11) is -4.89. The van der Waals surface area contributed by atoms with Gasteiger partial charge >= 0.3 is 13.8 Å². The Morgan fingerprint density at radius 3 is 1.91 bits per heavy atom. The number of ether oxygens (including phenoxy) is 1. The summed E-state index contributed by atoms with van der Waals surface area (Å²) in [6, 6.07) is 0. The number of aliphatic hydroxyl groups is 3. The Kier molecular flexibility index (Phi) is 8.28. The minimum Gasteiger partial charge on any atom is -0.479 e. The second-order valence-corrected chi connectivity index (χ2v) is 6.95. The highest BCUT2D eigenvalue weighted by Gasteiger charge is 2.54. The maximum Gasteiger partial charge on any atom is 0.469 e. The number of hydrogen-bond acceptors (Lipinski definition) is 7. The Labute approximate surface area is 133 Å². The molecule has 0 aromatic carbocycles. The number of aliphatic hydroxyl groups excluding tert-OH is 3. The number of carboxylic acids is 1. The predicted octanol–water partition coefficient (Wildman–Crippen LogP) is -0.917. The van der Waals surface area contributed by atoms with Gasteiger partial charge in [0, 0.05) is 0 Å². The lowest BCUT2D eigenvalue weighted by molar-refractivity contribution is -0.225. The highest BCUT2D eigenvalue weighted by molar-refractivity contribution is 7.46. The topological polar surface area (TPSA) is 174 Å². The molecule has 4 atom stereocenters. The van der Waals surface area contributed by atoms with Gasteiger partial charge in [-0.3, -0.25) is 4.52 Å². The molecule has 0 aliphatic carbocycles. The van der Waals surface area contributed by atoms with Crippen molar-refractivity contribution < 1.29 is 48.8 Å². The maximum absolute atomic E-state index is 11.7. The molecule has 0 amide bonds. The molecule has 0 radical (unpaired) electrons. The van der Waals surface area contributed by atoms with Gasteiger partial charge in [-0.25, -0.2) is 9.36 Å². The van der Waals surface area contributed by atoms with Crippen LogP contribution >= 0.6 is 7.82 Å². The summed E-state index contributed by atoms with van der Waals surface area (Å²) in [6.07, 6.45) is -6.69. The van der Waals surface area contributed by atoms with Crippen LogP contribution in [-0.2, 0) is 18.6 Å². The number of carbonyl (C=O) groups is 1. The van der Waals surface area contributed by atoms with E-state index in [9.17, 15) is 29.8 Å². The van der Waals surface area contributed by atoms with Crippen LogP contribution in [0.4, 0.5) is 0 Å². The first kappa shape index (κ1) is 22.4. The molecule has 0 aliphatic heterocycles.